The number of esters is 1. The van der Waals surface area contributed by atoms with E-state index in [4.69, 9.17) is 9.47 Å². The lowest BCUT2D eigenvalue weighted by Gasteiger charge is -2.35. The number of aliphatic hydroxyl groups is 1. The molecule has 0 aromatic carbocycles. The van der Waals surface area contributed by atoms with E-state index in [0.717, 1.165) is 0 Å². The summed E-state index contributed by atoms with van der Waals surface area (Å²) in [5.41, 5.74) is -1.46. The van der Waals surface area contributed by atoms with E-state index in [-0.39, 0.29) is 37.7 Å². The molecule has 8 heteroatoms. The number of nitrogens with one attached hydrogen (secondary N) is 1. The van der Waals surface area contributed by atoms with Crippen molar-refractivity contribution in [2.75, 3.05) is 19.8 Å². The molecule has 0 unspecified atom stereocenters. The predicted octanol–water partition coefficient (Wildman–Crippen LogP) is 0.221. The quantitative estimate of drug-likeness (QED) is 0.637. The van der Waals surface area contributed by atoms with Crippen molar-refractivity contribution >= 4 is 17.8 Å². The summed E-state index contributed by atoms with van der Waals surface area (Å²) in [4.78, 5) is 40.4. The minimum atomic E-state index is -0.996. The normalized spacial score (nSPS) is 34.7. The summed E-state index contributed by atoms with van der Waals surface area (Å²) in [7, 11) is 0. The van der Waals surface area contributed by atoms with E-state index in [9.17, 15) is 19.5 Å². The molecule has 3 rings (SSSR count). The molecule has 2 bridgehead atoms. The number of fused-ring (bicyclic) bond motifs is 1. The van der Waals surface area contributed by atoms with Gasteiger partial charge in [0, 0.05) is 18.7 Å². The number of carbonyl (C=O) groups is 3. The van der Waals surface area contributed by atoms with Crippen molar-refractivity contribution in [3.63, 3.8) is 0 Å². The van der Waals surface area contributed by atoms with Gasteiger partial charge in [-0.25, -0.2) is 0 Å². The Labute approximate surface area is 159 Å². The van der Waals surface area contributed by atoms with Crippen LogP contribution in [0.3, 0.4) is 0 Å². The molecule has 0 saturated carbocycles. The monoisotopic (exact) mass is 382 g/mol. The van der Waals surface area contributed by atoms with E-state index in [1.807, 2.05) is 20.8 Å². The molecule has 3 fully saturated rings. The van der Waals surface area contributed by atoms with Gasteiger partial charge in [-0.2, -0.15) is 0 Å². The smallest absolute Gasteiger partial charge is 0.312 e. The first-order valence-corrected chi connectivity index (χ1v) is 9.74. The third kappa shape index (κ3) is 3.23. The van der Waals surface area contributed by atoms with Crippen LogP contribution in [0.15, 0.2) is 0 Å². The van der Waals surface area contributed by atoms with Gasteiger partial charge in [0.15, 0.2) is 0 Å². The molecule has 1 spiro atoms. The van der Waals surface area contributed by atoms with Crippen LogP contribution in [0, 0.1) is 11.8 Å². The van der Waals surface area contributed by atoms with Crippen LogP contribution in [-0.4, -0.2) is 70.8 Å². The third-order valence-corrected chi connectivity index (χ3v) is 5.66. The van der Waals surface area contributed by atoms with Crippen LogP contribution in [0.25, 0.3) is 0 Å². The lowest BCUT2D eigenvalue weighted by molar-refractivity contribution is -0.154. The van der Waals surface area contributed by atoms with Crippen molar-refractivity contribution in [2.24, 2.45) is 11.8 Å². The topological polar surface area (TPSA) is 105 Å². The fourth-order valence-corrected chi connectivity index (χ4v) is 4.88. The van der Waals surface area contributed by atoms with E-state index in [1.54, 1.807) is 6.92 Å². The van der Waals surface area contributed by atoms with Crippen molar-refractivity contribution in [1.29, 1.82) is 0 Å². The molecule has 5 atom stereocenters. The number of hydrogen-bond donors (Lipinski definition) is 2. The predicted molar refractivity (Wildman–Crippen MR) is 95.6 cm³/mol. The first kappa shape index (κ1) is 20.1. The first-order valence-electron chi connectivity index (χ1n) is 9.74. The molecule has 0 aromatic rings. The lowest BCUT2D eigenvalue weighted by atomic mass is 9.70. The van der Waals surface area contributed by atoms with Gasteiger partial charge in [-0.1, -0.05) is 0 Å². The van der Waals surface area contributed by atoms with E-state index in [1.165, 1.54) is 4.90 Å². The average molecular weight is 382 g/mol. The second kappa shape index (κ2) is 7.05. The maximum Gasteiger partial charge on any atom is 0.312 e. The fraction of sp³-hybridized carbons (Fsp3) is 0.842. The van der Waals surface area contributed by atoms with Crippen molar-refractivity contribution in [2.45, 2.75) is 70.2 Å². The highest BCUT2D eigenvalue weighted by atomic mass is 16.6. The molecule has 3 heterocycles. The second-order valence-electron chi connectivity index (χ2n) is 8.66. The zero-order chi connectivity index (χ0) is 20.0. The molecule has 3 aliphatic rings. The Kier molecular flexibility index (Phi) is 5.24. The zero-order valence-electron chi connectivity index (χ0n) is 16.5. The summed E-state index contributed by atoms with van der Waals surface area (Å²) in [5.74, 6) is -2.33. The molecule has 2 N–H and O–H groups in total. The summed E-state index contributed by atoms with van der Waals surface area (Å²) in [5, 5.41) is 12.2. The lowest BCUT2D eigenvalue weighted by Crippen LogP contribution is -2.58. The van der Waals surface area contributed by atoms with Gasteiger partial charge in [0.2, 0.25) is 11.8 Å². The van der Waals surface area contributed by atoms with Gasteiger partial charge < -0.3 is 24.8 Å². The summed E-state index contributed by atoms with van der Waals surface area (Å²) >= 11 is 0. The first-order chi connectivity index (χ1) is 12.7. The molecule has 0 aliphatic carbocycles. The Bertz CT molecular complexity index is 630. The Morgan fingerprint density at radius 3 is 2.70 bits per heavy atom. The molecule has 3 aliphatic heterocycles. The number of likely N-dealkylation sites (tertiary alicyclic amines) is 1. The van der Waals surface area contributed by atoms with E-state index >= 15 is 0 Å². The molecular weight excluding hydrogens is 352 g/mol. The van der Waals surface area contributed by atoms with Gasteiger partial charge in [0.1, 0.15) is 11.6 Å². The number of aliphatic hydroxyl groups excluding tert-OH is 1. The van der Waals surface area contributed by atoms with Crippen LogP contribution in [-0.2, 0) is 23.9 Å². The second-order valence-corrected chi connectivity index (χ2v) is 8.66. The maximum absolute atomic E-state index is 13.3. The summed E-state index contributed by atoms with van der Waals surface area (Å²) < 4.78 is 11.4. The van der Waals surface area contributed by atoms with Crippen LogP contribution in [0.4, 0.5) is 0 Å². The largest absolute Gasteiger partial charge is 0.466 e. The van der Waals surface area contributed by atoms with Crippen LogP contribution >= 0.6 is 0 Å². The molecule has 2 amide bonds. The van der Waals surface area contributed by atoms with Gasteiger partial charge in [-0.15, -0.1) is 0 Å². The van der Waals surface area contributed by atoms with Crippen LogP contribution in [0.5, 0.6) is 0 Å². The maximum atomic E-state index is 13.3. The zero-order valence-corrected chi connectivity index (χ0v) is 16.5. The Balaban J connectivity index is 1.97. The van der Waals surface area contributed by atoms with Crippen molar-refractivity contribution < 1.29 is 29.0 Å². The standard InChI is InChI=1S/C19H30N2O6/c1-5-26-17(25)12-11-7-8-19(27-11)13(12)16(24)21(9-6-10-22)14(19)15(23)20-18(2,3)4/h11-14,22H,5-10H2,1-4H3,(H,20,23)/t11-,12+,13+,14-,19+/m1/s1. The molecule has 8 nitrogen and oxygen atoms in total. The Morgan fingerprint density at radius 2 is 2.11 bits per heavy atom. The number of rotatable bonds is 6. The van der Waals surface area contributed by atoms with Gasteiger partial charge >= 0.3 is 5.97 Å². The molecule has 0 radical (unpaired) electrons. The van der Waals surface area contributed by atoms with E-state index < -0.39 is 35.0 Å². The minimum Gasteiger partial charge on any atom is -0.466 e. The van der Waals surface area contributed by atoms with Gasteiger partial charge in [0.25, 0.3) is 0 Å². The average Bonchev–Trinajstić information content (AvgIpc) is 3.19. The van der Waals surface area contributed by atoms with Crippen LogP contribution < -0.4 is 5.32 Å². The fourth-order valence-electron chi connectivity index (χ4n) is 4.88. The van der Waals surface area contributed by atoms with Gasteiger partial charge in [-0.3, -0.25) is 14.4 Å². The third-order valence-electron chi connectivity index (χ3n) is 5.66. The molecule has 3 saturated heterocycles. The number of ether oxygens (including phenoxy) is 2. The minimum absolute atomic E-state index is 0.0835. The van der Waals surface area contributed by atoms with Gasteiger partial charge in [-0.05, 0) is 47.0 Å². The van der Waals surface area contributed by atoms with E-state index in [2.05, 4.69) is 5.32 Å². The molecule has 152 valence electrons. The summed E-state index contributed by atoms with van der Waals surface area (Å²) in [6.07, 6.45) is 1.16. The molecular formula is C19H30N2O6. The van der Waals surface area contributed by atoms with Gasteiger partial charge in [0.05, 0.1) is 24.5 Å². The van der Waals surface area contributed by atoms with Crippen LogP contribution in [0.2, 0.25) is 0 Å². The number of carbonyl (C=O) groups excluding carboxylic acids is 3. The summed E-state index contributed by atoms with van der Waals surface area (Å²) in [6.45, 7) is 7.76. The van der Waals surface area contributed by atoms with Crippen LogP contribution in [0.1, 0.15) is 47.0 Å². The van der Waals surface area contributed by atoms with Crippen molar-refractivity contribution in [1.82, 2.24) is 10.2 Å². The Hall–Kier alpha value is -1.67. The van der Waals surface area contributed by atoms with Crippen molar-refractivity contribution in [3.05, 3.63) is 0 Å². The Morgan fingerprint density at radius 1 is 1.41 bits per heavy atom. The highest BCUT2D eigenvalue weighted by Gasteiger charge is 2.74. The number of nitrogens with zero attached hydrogens (tertiary/aromatic N) is 1. The number of amides is 2. The number of hydrogen-bond acceptors (Lipinski definition) is 6. The SMILES string of the molecule is CCOC(=O)[C@@H]1[C@H]2C(=O)N(CCCO)[C@H](C(=O)NC(C)(C)C)[C@]23CC[C@H]1O3. The van der Waals surface area contributed by atoms with E-state index in [0.29, 0.717) is 19.3 Å². The molecule has 0 aromatic heterocycles. The van der Waals surface area contributed by atoms with Crippen molar-refractivity contribution in [3.8, 4) is 0 Å². The molecule has 27 heavy (non-hydrogen) atoms. The summed E-state index contributed by atoms with van der Waals surface area (Å²) in [6, 6.07) is -0.801. The highest BCUT2D eigenvalue weighted by Crippen LogP contribution is 2.58. The highest BCUT2D eigenvalue weighted by molar-refractivity contribution is 5.98.